The fourth-order valence-electron chi connectivity index (χ4n) is 3.58. The van der Waals surface area contributed by atoms with E-state index in [2.05, 4.69) is 15.9 Å². The van der Waals surface area contributed by atoms with Crippen LogP contribution >= 0.6 is 0 Å². The molecule has 4 heteroatoms. The Kier molecular flexibility index (Phi) is 5.91. The molecular weight excluding hydrogens is 300 g/mol. The number of aromatic hydroxyl groups is 1. The third-order valence-corrected chi connectivity index (χ3v) is 5.10. The van der Waals surface area contributed by atoms with Crippen molar-refractivity contribution in [2.24, 2.45) is 0 Å². The van der Waals surface area contributed by atoms with Crippen LogP contribution in [0.25, 0.3) is 5.57 Å². The predicted molar refractivity (Wildman–Crippen MR) is 96.8 cm³/mol. The van der Waals surface area contributed by atoms with E-state index in [1.165, 1.54) is 30.4 Å². The van der Waals surface area contributed by atoms with Crippen LogP contribution in [0.2, 0.25) is 0 Å². The molecule has 0 spiro atoms. The van der Waals surface area contributed by atoms with E-state index in [4.69, 9.17) is 0 Å². The maximum absolute atomic E-state index is 12.6. The molecule has 2 aliphatic heterocycles. The fourth-order valence-corrected chi connectivity index (χ4v) is 3.58. The van der Waals surface area contributed by atoms with Crippen molar-refractivity contribution >= 4 is 11.5 Å². The number of amides is 1. The molecule has 0 atom stereocenters. The van der Waals surface area contributed by atoms with Gasteiger partial charge in [-0.3, -0.25) is 9.69 Å². The molecule has 1 fully saturated rings. The minimum absolute atomic E-state index is 0.290. The van der Waals surface area contributed by atoms with Crippen LogP contribution in [0.5, 0.6) is 5.75 Å². The summed E-state index contributed by atoms with van der Waals surface area (Å²) in [5, 5.41) is 9.39. The second kappa shape index (κ2) is 8.34. The zero-order valence-corrected chi connectivity index (χ0v) is 14.4. The average Bonchev–Trinajstić information content (AvgIpc) is 2.56. The molecule has 24 heavy (non-hydrogen) atoms. The maximum atomic E-state index is 12.6. The maximum Gasteiger partial charge on any atom is 0.236 e. The molecule has 0 unspecified atom stereocenters. The summed E-state index contributed by atoms with van der Waals surface area (Å²) in [4.78, 5) is 16.9. The number of benzene rings is 1. The summed E-state index contributed by atoms with van der Waals surface area (Å²) in [5.74, 6) is 0.592. The number of phenols is 1. The summed E-state index contributed by atoms with van der Waals surface area (Å²) in [7, 11) is 0. The number of likely N-dealkylation sites (tertiary alicyclic amines) is 1. The number of carbonyl (C=O) groups is 1. The Bertz CT molecular complexity index is 572. The summed E-state index contributed by atoms with van der Waals surface area (Å²) in [5.41, 5.74) is 2.48. The second-order valence-corrected chi connectivity index (χ2v) is 6.91. The molecule has 130 valence electrons. The first-order chi connectivity index (χ1) is 11.7. The summed E-state index contributed by atoms with van der Waals surface area (Å²) in [6.45, 7) is 4.16. The van der Waals surface area contributed by atoms with Gasteiger partial charge in [-0.2, -0.15) is 0 Å². The molecule has 4 nitrogen and oxygen atoms in total. The molecule has 0 aliphatic carbocycles. The minimum Gasteiger partial charge on any atom is -0.508 e. The lowest BCUT2D eigenvalue weighted by molar-refractivity contribution is -0.132. The van der Waals surface area contributed by atoms with Crippen molar-refractivity contribution < 1.29 is 9.90 Å². The van der Waals surface area contributed by atoms with Crippen molar-refractivity contribution in [1.82, 2.24) is 9.80 Å². The van der Waals surface area contributed by atoms with E-state index in [1.54, 1.807) is 12.1 Å². The lowest BCUT2D eigenvalue weighted by atomic mass is 9.99. The zero-order chi connectivity index (χ0) is 16.8. The van der Waals surface area contributed by atoms with Crippen molar-refractivity contribution in [3.8, 4) is 5.75 Å². The molecule has 0 aromatic heterocycles. The van der Waals surface area contributed by atoms with Gasteiger partial charge in [0.1, 0.15) is 5.75 Å². The number of phenolic OH excluding ortho intramolecular Hbond substituents is 1. The van der Waals surface area contributed by atoms with Crippen molar-refractivity contribution in [2.75, 3.05) is 32.7 Å². The lowest BCUT2D eigenvalue weighted by Gasteiger charge is -2.30. The zero-order valence-electron chi connectivity index (χ0n) is 14.4. The molecular formula is C20H28N2O2. The van der Waals surface area contributed by atoms with Gasteiger partial charge >= 0.3 is 0 Å². The van der Waals surface area contributed by atoms with E-state index in [-0.39, 0.29) is 0 Å². The normalized spacial score (nSPS) is 20.2. The van der Waals surface area contributed by atoms with E-state index in [0.29, 0.717) is 18.2 Å². The van der Waals surface area contributed by atoms with Crippen LogP contribution in [0.15, 0.2) is 30.3 Å². The van der Waals surface area contributed by atoms with Crippen LogP contribution in [0.4, 0.5) is 0 Å². The Morgan fingerprint density at radius 3 is 2.25 bits per heavy atom. The highest BCUT2D eigenvalue weighted by Gasteiger charge is 2.20. The van der Waals surface area contributed by atoms with Crippen molar-refractivity contribution in [3.63, 3.8) is 0 Å². The van der Waals surface area contributed by atoms with Crippen LogP contribution in [-0.4, -0.2) is 53.5 Å². The molecule has 0 bridgehead atoms. The Labute approximate surface area is 144 Å². The molecule has 1 aromatic carbocycles. The summed E-state index contributed by atoms with van der Waals surface area (Å²) < 4.78 is 0. The van der Waals surface area contributed by atoms with Gasteiger partial charge in [0.15, 0.2) is 0 Å². The Balaban J connectivity index is 1.52. The molecule has 3 rings (SSSR count). The van der Waals surface area contributed by atoms with E-state index in [1.807, 2.05) is 12.1 Å². The van der Waals surface area contributed by atoms with Gasteiger partial charge in [0.25, 0.3) is 0 Å². The Morgan fingerprint density at radius 1 is 0.958 bits per heavy atom. The summed E-state index contributed by atoms with van der Waals surface area (Å²) in [6, 6.07) is 7.38. The molecule has 1 saturated heterocycles. The van der Waals surface area contributed by atoms with E-state index < -0.39 is 0 Å². The van der Waals surface area contributed by atoms with Gasteiger partial charge in [0, 0.05) is 26.2 Å². The first-order valence-corrected chi connectivity index (χ1v) is 9.21. The van der Waals surface area contributed by atoms with Crippen LogP contribution in [0.1, 0.15) is 44.1 Å². The van der Waals surface area contributed by atoms with Crippen LogP contribution in [0, 0.1) is 0 Å². The van der Waals surface area contributed by atoms with Crippen LogP contribution < -0.4 is 0 Å². The van der Waals surface area contributed by atoms with Gasteiger partial charge in [0.05, 0.1) is 6.54 Å². The number of carbonyl (C=O) groups excluding carboxylic acids is 1. The molecule has 2 heterocycles. The van der Waals surface area contributed by atoms with E-state index in [0.717, 1.165) is 45.4 Å². The third-order valence-electron chi connectivity index (χ3n) is 5.10. The number of rotatable bonds is 3. The molecule has 0 radical (unpaired) electrons. The molecule has 2 aliphatic rings. The first kappa shape index (κ1) is 17.0. The Hall–Kier alpha value is -1.81. The average molecular weight is 328 g/mol. The van der Waals surface area contributed by atoms with Crippen LogP contribution in [-0.2, 0) is 4.79 Å². The van der Waals surface area contributed by atoms with Gasteiger partial charge in [0.2, 0.25) is 5.91 Å². The highest BCUT2D eigenvalue weighted by atomic mass is 16.3. The Morgan fingerprint density at radius 2 is 1.62 bits per heavy atom. The number of nitrogens with zero attached hydrogens (tertiary/aromatic N) is 2. The first-order valence-electron chi connectivity index (χ1n) is 9.21. The van der Waals surface area contributed by atoms with Crippen molar-refractivity contribution in [3.05, 3.63) is 35.9 Å². The predicted octanol–water partition coefficient (Wildman–Crippen LogP) is 3.27. The van der Waals surface area contributed by atoms with E-state index in [9.17, 15) is 9.90 Å². The molecule has 1 aromatic rings. The largest absolute Gasteiger partial charge is 0.508 e. The van der Waals surface area contributed by atoms with Gasteiger partial charge in [-0.25, -0.2) is 0 Å². The lowest BCUT2D eigenvalue weighted by Crippen LogP contribution is -2.42. The highest BCUT2D eigenvalue weighted by Crippen LogP contribution is 2.24. The van der Waals surface area contributed by atoms with Gasteiger partial charge in [-0.15, -0.1) is 0 Å². The third kappa shape index (κ3) is 4.60. The quantitative estimate of drug-likeness (QED) is 0.926. The summed E-state index contributed by atoms with van der Waals surface area (Å²) in [6.07, 6.45) is 9.30. The number of hydrogen-bond acceptors (Lipinski definition) is 3. The molecule has 1 amide bonds. The fraction of sp³-hybridized carbons (Fsp3) is 0.550. The van der Waals surface area contributed by atoms with Gasteiger partial charge in [-0.05, 0) is 42.5 Å². The number of hydrogen-bond donors (Lipinski definition) is 1. The van der Waals surface area contributed by atoms with Gasteiger partial charge in [-0.1, -0.05) is 37.5 Å². The summed E-state index contributed by atoms with van der Waals surface area (Å²) >= 11 is 0. The monoisotopic (exact) mass is 328 g/mol. The molecule has 1 N–H and O–H groups in total. The van der Waals surface area contributed by atoms with Crippen molar-refractivity contribution in [1.29, 1.82) is 0 Å². The minimum atomic E-state index is 0.290. The van der Waals surface area contributed by atoms with Gasteiger partial charge < -0.3 is 10.0 Å². The standard InChI is InChI=1S/C20H28N2O2/c23-19-8-6-17(7-9-19)18-10-14-21(15-11-18)16-20(24)22-12-4-2-1-3-5-13-22/h6-10,23H,1-5,11-16H2. The smallest absolute Gasteiger partial charge is 0.236 e. The van der Waals surface area contributed by atoms with Crippen molar-refractivity contribution in [2.45, 2.75) is 38.5 Å². The molecule has 0 saturated carbocycles. The second-order valence-electron chi connectivity index (χ2n) is 6.91. The topological polar surface area (TPSA) is 43.8 Å². The van der Waals surface area contributed by atoms with Crippen LogP contribution in [0.3, 0.4) is 0 Å². The highest BCUT2D eigenvalue weighted by molar-refractivity contribution is 5.78. The van der Waals surface area contributed by atoms with E-state index >= 15 is 0 Å². The SMILES string of the molecule is O=C(CN1CC=C(c2ccc(O)cc2)CC1)N1CCCCCCC1.